The summed E-state index contributed by atoms with van der Waals surface area (Å²) in [5, 5.41) is 16.6. The van der Waals surface area contributed by atoms with E-state index in [0.717, 1.165) is 32.4 Å². The van der Waals surface area contributed by atoms with Gasteiger partial charge >= 0.3 is 0 Å². The molecule has 1 aromatic rings. The molecular weight excluding hydrogens is 224 g/mol. The van der Waals surface area contributed by atoms with Crippen LogP contribution in [-0.2, 0) is 6.54 Å². The Labute approximate surface area is 110 Å². The third-order valence-corrected chi connectivity index (χ3v) is 3.04. The molecule has 4 nitrogen and oxygen atoms in total. The summed E-state index contributed by atoms with van der Waals surface area (Å²) in [6.45, 7) is 8.07. The maximum Gasteiger partial charge on any atom is 0.0683 e. The monoisotopic (exact) mass is 248 g/mol. The van der Waals surface area contributed by atoms with E-state index in [1.165, 1.54) is 0 Å². The molecule has 0 amide bonds. The van der Waals surface area contributed by atoms with Crippen molar-refractivity contribution in [3.05, 3.63) is 18.5 Å². The van der Waals surface area contributed by atoms with Crippen molar-refractivity contribution in [1.29, 1.82) is 5.26 Å². The number of rotatable bonds is 8. The summed E-state index contributed by atoms with van der Waals surface area (Å²) in [4.78, 5) is 0. The van der Waals surface area contributed by atoms with Gasteiger partial charge in [-0.25, -0.2) is 0 Å². The number of hydrogen-bond donors (Lipinski definition) is 1. The van der Waals surface area contributed by atoms with Crippen molar-refractivity contribution < 1.29 is 0 Å². The maximum atomic E-state index is 8.91. The highest BCUT2D eigenvalue weighted by atomic mass is 15.3. The van der Waals surface area contributed by atoms with E-state index in [9.17, 15) is 0 Å². The fraction of sp³-hybridized carbons (Fsp3) is 0.714. The average molecular weight is 248 g/mol. The molecule has 100 valence electrons. The average Bonchev–Trinajstić information content (AvgIpc) is 2.81. The zero-order chi connectivity index (χ0) is 13.4. The first-order valence-electron chi connectivity index (χ1n) is 6.65. The summed E-state index contributed by atoms with van der Waals surface area (Å²) in [7, 11) is 0. The lowest BCUT2D eigenvalue weighted by molar-refractivity contribution is 0.405. The normalized spacial score (nSPS) is 13.2. The molecule has 0 radical (unpaired) electrons. The molecule has 1 rings (SSSR count). The van der Waals surface area contributed by atoms with E-state index in [1.54, 1.807) is 6.20 Å². The van der Waals surface area contributed by atoms with Crippen molar-refractivity contribution in [2.24, 2.45) is 5.41 Å². The molecule has 1 N–H and O–H groups in total. The molecule has 0 bridgehead atoms. The molecule has 0 aliphatic heterocycles. The lowest BCUT2D eigenvalue weighted by Gasteiger charge is -2.16. The number of nitriles is 1. The van der Waals surface area contributed by atoms with Crippen molar-refractivity contribution in [3.8, 4) is 6.07 Å². The van der Waals surface area contributed by atoms with Gasteiger partial charge in [0, 0.05) is 18.4 Å². The molecule has 0 aliphatic rings. The van der Waals surface area contributed by atoms with E-state index in [2.05, 4.69) is 23.4 Å². The van der Waals surface area contributed by atoms with Gasteiger partial charge in [-0.2, -0.15) is 10.4 Å². The van der Waals surface area contributed by atoms with Crippen LogP contribution in [0.5, 0.6) is 0 Å². The predicted octanol–water partition coefficient (Wildman–Crippen LogP) is 2.58. The van der Waals surface area contributed by atoms with E-state index in [0.29, 0.717) is 6.04 Å². The number of hydrogen-bond acceptors (Lipinski definition) is 3. The molecule has 0 aliphatic carbocycles. The van der Waals surface area contributed by atoms with Gasteiger partial charge in [0.15, 0.2) is 0 Å². The fourth-order valence-corrected chi connectivity index (χ4v) is 1.85. The zero-order valence-corrected chi connectivity index (χ0v) is 11.7. The van der Waals surface area contributed by atoms with E-state index in [1.807, 2.05) is 30.8 Å². The Kier molecular flexibility index (Phi) is 5.87. The Morgan fingerprint density at radius 1 is 1.44 bits per heavy atom. The molecule has 1 atom stereocenters. The Morgan fingerprint density at radius 3 is 2.83 bits per heavy atom. The molecule has 0 spiro atoms. The van der Waals surface area contributed by atoms with Gasteiger partial charge in [0.1, 0.15) is 0 Å². The highest BCUT2D eigenvalue weighted by molar-refractivity contribution is 4.91. The first-order chi connectivity index (χ1) is 8.53. The van der Waals surface area contributed by atoms with Crippen LogP contribution < -0.4 is 5.32 Å². The molecule has 0 fully saturated rings. The molecule has 0 aromatic carbocycles. The second-order valence-corrected chi connectivity index (χ2v) is 5.54. The molecule has 18 heavy (non-hydrogen) atoms. The number of nitrogens with one attached hydrogen (secondary N) is 1. The van der Waals surface area contributed by atoms with Crippen LogP contribution in [0.4, 0.5) is 0 Å². The van der Waals surface area contributed by atoms with Crippen LogP contribution in [0.3, 0.4) is 0 Å². The van der Waals surface area contributed by atoms with Gasteiger partial charge in [0.05, 0.1) is 18.0 Å². The summed E-state index contributed by atoms with van der Waals surface area (Å²) < 4.78 is 1.94. The SMILES string of the molecule is CC(Cn1cccn1)NCCCCC(C)(C)C#N. The third-order valence-electron chi connectivity index (χ3n) is 3.04. The van der Waals surface area contributed by atoms with Crippen LogP contribution in [0.1, 0.15) is 40.0 Å². The van der Waals surface area contributed by atoms with E-state index >= 15 is 0 Å². The Hall–Kier alpha value is -1.34. The Balaban J connectivity index is 2.06. The van der Waals surface area contributed by atoms with Gasteiger partial charge in [-0.05, 0) is 46.2 Å². The number of unbranched alkanes of at least 4 members (excludes halogenated alkanes) is 1. The summed E-state index contributed by atoms with van der Waals surface area (Å²) in [5.74, 6) is 0. The van der Waals surface area contributed by atoms with Gasteiger partial charge < -0.3 is 5.32 Å². The second kappa shape index (κ2) is 7.17. The quantitative estimate of drug-likeness (QED) is 0.719. The molecular formula is C14H24N4. The van der Waals surface area contributed by atoms with E-state index in [4.69, 9.17) is 5.26 Å². The third kappa shape index (κ3) is 5.83. The van der Waals surface area contributed by atoms with Crippen molar-refractivity contribution in [3.63, 3.8) is 0 Å². The first-order valence-corrected chi connectivity index (χ1v) is 6.65. The Morgan fingerprint density at radius 2 is 2.22 bits per heavy atom. The van der Waals surface area contributed by atoms with Gasteiger partial charge in [-0.15, -0.1) is 0 Å². The zero-order valence-electron chi connectivity index (χ0n) is 11.7. The van der Waals surface area contributed by atoms with Gasteiger partial charge in [0.25, 0.3) is 0 Å². The molecule has 1 unspecified atom stereocenters. The van der Waals surface area contributed by atoms with Gasteiger partial charge in [-0.3, -0.25) is 4.68 Å². The van der Waals surface area contributed by atoms with Crippen LogP contribution in [0.25, 0.3) is 0 Å². The lowest BCUT2D eigenvalue weighted by atomic mass is 9.89. The maximum absolute atomic E-state index is 8.91. The van der Waals surface area contributed by atoms with E-state index < -0.39 is 0 Å². The fourth-order valence-electron chi connectivity index (χ4n) is 1.85. The highest BCUT2D eigenvalue weighted by Crippen LogP contribution is 2.21. The minimum atomic E-state index is -0.180. The molecule has 0 saturated heterocycles. The summed E-state index contributed by atoms with van der Waals surface area (Å²) in [5.41, 5.74) is -0.180. The van der Waals surface area contributed by atoms with Crippen molar-refractivity contribution in [1.82, 2.24) is 15.1 Å². The topological polar surface area (TPSA) is 53.6 Å². The summed E-state index contributed by atoms with van der Waals surface area (Å²) >= 11 is 0. The van der Waals surface area contributed by atoms with E-state index in [-0.39, 0.29) is 5.41 Å². The molecule has 0 saturated carbocycles. The lowest BCUT2D eigenvalue weighted by Crippen LogP contribution is -2.31. The largest absolute Gasteiger partial charge is 0.312 e. The van der Waals surface area contributed by atoms with Crippen molar-refractivity contribution in [2.75, 3.05) is 6.54 Å². The summed E-state index contributed by atoms with van der Waals surface area (Å²) in [6, 6.07) is 4.70. The van der Waals surface area contributed by atoms with Crippen molar-refractivity contribution >= 4 is 0 Å². The number of nitrogens with zero attached hydrogens (tertiary/aromatic N) is 3. The summed E-state index contributed by atoms with van der Waals surface area (Å²) in [6.07, 6.45) is 6.97. The molecule has 1 aromatic heterocycles. The molecule has 4 heteroatoms. The first kappa shape index (κ1) is 14.7. The van der Waals surface area contributed by atoms with Crippen LogP contribution >= 0.6 is 0 Å². The molecule has 1 heterocycles. The smallest absolute Gasteiger partial charge is 0.0683 e. The Bertz CT molecular complexity index is 362. The standard InChI is InChI=1S/C14H24N4/c1-13(11-18-10-6-9-17-18)16-8-5-4-7-14(2,3)12-15/h6,9-10,13,16H,4-5,7-8,11H2,1-3H3. The van der Waals surface area contributed by atoms with Crippen molar-refractivity contribution in [2.45, 2.75) is 52.6 Å². The minimum Gasteiger partial charge on any atom is -0.312 e. The highest BCUT2D eigenvalue weighted by Gasteiger charge is 2.15. The number of aromatic nitrogens is 2. The second-order valence-electron chi connectivity index (χ2n) is 5.54. The van der Waals surface area contributed by atoms with Crippen LogP contribution in [-0.4, -0.2) is 22.4 Å². The van der Waals surface area contributed by atoms with Crippen LogP contribution in [0, 0.1) is 16.7 Å². The van der Waals surface area contributed by atoms with Crippen LogP contribution in [0.2, 0.25) is 0 Å². The van der Waals surface area contributed by atoms with Gasteiger partial charge in [0.2, 0.25) is 0 Å². The minimum absolute atomic E-state index is 0.180. The predicted molar refractivity (Wildman–Crippen MR) is 72.9 cm³/mol. The van der Waals surface area contributed by atoms with Gasteiger partial charge in [-0.1, -0.05) is 6.42 Å². The van der Waals surface area contributed by atoms with Crippen LogP contribution in [0.15, 0.2) is 18.5 Å².